The molecule has 0 rings (SSSR count). The molecule has 16 heavy (non-hydrogen) atoms. The molecule has 0 amide bonds. The maximum Gasteiger partial charge on any atom is 0.0192 e. The number of likely N-dealkylation sites (N-methyl/N-ethyl adjacent to an activating group) is 1. The standard InChI is InChI=1S/C13H30N2S/c1-6-8-9-14-10-12(3)15(4)13(7-2)11-16-5/h12-14H,6-11H2,1-5H3. The monoisotopic (exact) mass is 246 g/mol. The van der Waals surface area contributed by atoms with E-state index in [0.717, 1.165) is 19.1 Å². The fraction of sp³-hybridized carbons (Fsp3) is 1.00. The Balaban J connectivity index is 3.81. The van der Waals surface area contributed by atoms with Crippen LogP contribution in [0.1, 0.15) is 40.0 Å². The molecule has 0 spiro atoms. The molecule has 2 unspecified atom stereocenters. The maximum absolute atomic E-state index is 3.54. The van der Waals surface area contributed by atoms with E-state index in [1.54, 1.807) is 0 Å². The van der Waals surface area contributed by atoms with Gasteiger partial charge in [0.05, 0.1) is 0 Å². The lowest BCUT2D eigenvalue weighted by atomic mass is 10.2. The topological polar surface area (TPSA) is 15.3 Å². The van der Waals surface area contributed by atoms with Crippen LogP contribution in [-0.4, -0.2) is 49.1 Å². The zero-order valence-electron chi connectivity index (χ0n) is 11.8. The van der Waals surface area contributed by atoms with Crippen LogP contribution in [0.3, 0.4) is 0 Å². The molecular weight excluding hydrogens is 216 g/mol. The molecule has 2 atom stereocenters. The summed E-state index contributed by atoms with van der Waals surface area (Å²) in [5, 5.41) is 3.54. The Morgan fingerprint density at radius 1 is 1.31 bits per heavy atom. The number of unbranched alkanes of at least 4 members (excludes halogenated alkanes) is 1. The van der Waals surface area contributed by atoms with Crippen LogP contribution in [0.25, 0.3) is 0 Å². The van der Waals surface area contributed by atoms with E-state index in [4.69, 9.17) is 0 Å². The number of rotatable bonds is 10. The Labute approximate surface area is 107 Å². The third kappa shape index (κ3) is 6.77. The second-order valence-electron chi connectivity index (χ2n) is 4.59. The van der Waals surface area contributed by atoms with Crippen molar-refractivity contribution in [3.05, 3.63) is 0 Å². The van der Waals surface area contributed by atoms with Crippen LogP contribution in [0.4, 0.5) is 0 Å². The fourth-order valence-corrected chi connectivity index (χ4v) is 2.69. The Kier molecular flexibility index (Phi) is 10.6. The third-order valence-electron chi connectivity index (χ3n) is 3.25. The molecule has 0 bridgehead atoms. The SMILES string of the molecule is CCCCNCC(C)N(C)C(CC)CSC. The summed E-state index contributed by atoms with van der Waals surface area (Å²) >= 11 is 1.95. The largest absolute Gasteiger partial charge is 0.315 e. The molecule has 0 aliphatic rings. The highest BCUT2D eigenvalue weighted by atomic mass is 32.2. The molecule has 0 aliphatic heterocycles. The second-order valence-corrected chi connectivity index (χ2v) is 5.50. The van der Waals surface area contributed by atoms with Gasteiger partial charge in [0.1, 0.15) is 0 Å². The minimum Gasteiger partial charge on any atom is -0.315 e. The van der Waals surface area contributed by atoms with E-state index in [1.807, 2.05) is 11.8 Å². The molecule has 0 aliphatic carbocycles. The van der Waals surface area contributed by atoms with Crippen molar-refractivity contribution in [3.8, 4) is 0 Å². The van der Waals surface area contributed by atoms with Crippen molar-refractivity contribution in [2.24, 2.45) is 0 Å². The van der Waals surface area contributed by atoms with Gasteiger partial charge in [-0.1, -0.05) is 20.3 Å². The van der Waals surface area contributed by atoms with Gasteiger partial charge in [-0.15, -0.1) is 0 Å². The van der Waals surface area contributed by atoms with Crippen LogP contribution in [0.5, 0.6) is 0 Å². The van der Waals surface area contributed by atoms with Gasteiger partial charge in [-0.2, -0.15) is 11.8 Å². The van der Waals surface area contributed by atoms with Crippen LogP contribution < -0.4 is 5.32 Å². The van der Waals surface area contributed by atoms with Gasteiger partial charge in [0, 0.05) is 24.4 Å². The summed E-state index contributed by atoms with van der Waals surface area (Å²) in [5.74, 6) is 1.24. The van der Waals surface area contributed by atoms with Gasteiger partial charge in [0.2, 0.25) is 0 Å². The van der Waals surface area contributed by atoms with E-state index in [-0.39, 0.29) is 0 Å². The summed E-state index contributed by atoms with van der Waals surface area (Å²) < 4.78 is 0. The van der Waals surface area contributed by atoms with E-state index >= 15 is 0 Å². The smallest absolute Gasteiger partial charge is 0.0192 e. The Morgan fingerprint density at radius 2 is 2.00 bits per heavy atom. The number of thioether (sulfide) groups is 1. The molecule has 0 aromatic heterocycles. The van der Waals surface area contributed by atoms with Gasteiger partial charge < -0.3 is 5.32 Å². The number of nitrogens with zero attached hydrogens (tertiary/aromatic N) is 1. The van der Waals surface area contributed by atoms with Crippen molar-refractivity contribution in [3.63, 3.8) is 0 Å². The summed E-state index contributed by atoms with van der Waals surface area (Å²) in [7, 11) is 2.26. The quantitative estimate of drug-likeness (QED) is 0.597. The lowest BCUT2D eigenvalue weighted by molar-refractivity contribution is 0.191. The average Bonchev–Trinajstić information content (AvgIpc) is 2.30. The molecule has 98 valence electrons. The van der Waals surface area contributed by atoms with E-state index in [0.29, 0.717) is 6.04 Å². The molecule has 3 heteroatoms. The van der Waals surface area contributed by atoms with Crippen LogP contribution in [0.15, 0.2) is 0 Å². The van der Waals surface area contributed by atoms with Crippen molar-refractivity contribution >= 4 is 11.8 Å². The van der Waals surface area contributed by atoms with Crippen molar-refractivity contribution in [2.45, 2.75) is 52.1 Å². The summed E-state index contributed by atoms with van der Waals surface area (Å²) in [6, 6.07) is 1.35. The first kappa shape index (κ1) is 16.3. The molecule has 1 N–H and O–H groups in total. The van der Waals surface area contributed by atoms with Gasteiger partial charge in [-0.3, -0.25) is 4.90 Å². The van der Waals surface area contributed by atoms with Crippen LogP contribution in [0.2, 0.25) is 0 Å². The average molecular weight is 246 g/mol. The number of hydrogen-bond acceptors (Lipinski definition) is 3. The zero-order valence-corrected chi connectivity index (χ0v) is 12.6. The zero-order chi connectivity index (χ0) is 12.4. The lowest BCUT2D eigenvalue weighted by Crippen LogP contribution is -2.44. The fourth-order valence-electron chi connectivity index (χ4n) is 1.83. The van der Waals surface area contributed by atoms with E-state index in [2.05, 4.69) is 44.3 Å². The highest BCUT2D eigenvalue weighted by molar-refractivity contribution is 7.98. The van der Waals surface area contributed by atoms with Gasteiger partial charge >= 0.3 is 0 Å². The maximum atomic E-state index is 3.54. The molecule has 0 radical (unpaired) electrons. The van der Waals surface area contributed by atoms with Crippen molar-refractivity contribution < 1.29 is 0 Å². The van der Waals surface area contributed by atoms with Crippen LogP contribution >= 0.6 is 11.8 Å². The predicted molar refractivity (Wildman–Crippen MR) is 77.5 cm³/mol. The lowest BCUT2D eigenvalue weighted by Gasteiger charge is -2.32. The Bertz CT molecular complexity index is 153. The molecule has 0 aromatic rings. The van der Waals surface area contributed by atoms with Crippen molar-refractivity contribution in [1.29, 1.82) is 0 Å². The first-order valence-corrected chi connectivity index (χ1v) is 7.98. The summed E-state index contributed by atoms with van der Waals surface area (Å²) in [6.07, 6.45) is 6.01. The van der Waals surface area contributed by atoms with Crippen LogP contribution in [-0.2, 0) is 0 Å². The molecule has 2 nitrogen and oxygen atoms in total. The van der Waals surface area contributed by atoms with Gasteiger partial charge in [-0.05, 0) is 39.6 Å². The van der Waals surface area contributed by atoms with E-state index in [9.17, 15) is 0 Å². The molecule has 0 heterocycles. The highest BCUT2D eigenvalue weighted by Crippen LogP contribution is 2.11. The summed E-state index contributed by atoms with van der Waals surface area (Å²) in [4.78, 5) is 2.52. The van der Waals surface area contributed by atoms with E-state index < -0.39 is 0 Å². The highest BCUT2D eigenvalue weighted by Gasteiger charge is 2.17. The number of hydrogen-bond donors (Lipinski definition) is 1. The van der Waals surface area contributed by atoms with Gasteiger partial charge in [-0.25, -0.2) is 0 Å². The van der Waals surface area contributed by atoms with Gasteiger partial charge in [0.15, 0.2) is 0 Å². The van der Waals surface area contributed by atoms with Crippen molar-refractivity contribution in [1.82, 2.24) is 10.2 Å². The minimum atomic E-state index is 0.633. The molecule has 0 fully saturated rings. The van der Waals surface area contributed by atoms with Gasteiger partial charge in [0.25, 0.3) is 0 Å². The van der Waals surface area contributed by atoms with Crippen LogP contribution in [0, 0.1) is 0 Å². The summed E-state index contributed by atoms with van der Waals surface area (Å²) in [6.45, 7) is 9.12. The third-order valence-corrected chi connectivity index (χ3v) is 3.97. The molecule has 0 saturated carbocycles. The summed E-state index contributed by atoms with van der Waals surface area (Å²) in [5.41, 5.74) is 0. The predicted octanol–water partition coefficient (Wildman–Crippen LogP) is 2.84. The molecule has 0 aromatic carbocycles. The van der Waals surface area contributed by atoms with Crippen molar-refractivity contribution in [2.75, 3.05) is 32.1 Å². The normalized spacial score (nSPS) is 15.4. The first-order valence-electron chi connectivity index (χ1n) is 6.58. The van der Waals surface area contributed by atoms with E-state index in [1.165, 1.54) is 25.0 Å². The Morgan fingerprint density at radius 3 is 2.50 bits per heavy atom. The number of nitrogens with one attached hydrogen (secondary N) is 1. The molecule has 0 saturated heterocycles. The first-order chi connectivity index (χ1) is 7.67. The minimum absolute atomic E-state index is 0.633. The molecular formula is C13H30N2S. The Hall–Kier alpha value is 0.270. The second kappa shape index (κ2) is 10.4.